The van der Waals surface area contributed by atoms with Crippen LogP contribution in [0.2, 0.25) is 0 Å². The van der Waals surface area contributed by atoms with Crippen LogP contribution in [0.3, 0.4) is 0 Å². The third-order valence-corrected chi connectivity index (χ3v) is 5.48. The maximum absolute atomic E-state index is 11.9. The van der Waals surface area contributed by atoms with E-state index < -0.39 is 21.8 Å². The van der Waals surface area contributed by atoms with Gasteiger partial charge in [0, 0.05) is 12.2 Å². The van der Waals surface area contributed by atoms with Gasteiger partial charge in [0.05, 0.1) is 38.6 Å². The van der Waals surface area contributed by atoms with Crippen LogP contribution in [-0.2, 0) is 19.6 Å². The zero-order valence-corrected chi connectivity index (χ0v) is 14.6. The van der Waals surface area contributed by atoms with Gasteiger partial charge < -0.3 is 15.5 Å². The van der Waals surface area contributed by atoms with Crippen LogP contribution in [0, 0.1) is 0 Å². The number of anilines is 2. The van der Waals surface area contributed by atoms with E-state index in [4.69, 9.17) is 0 Å². The molecule has 1 aromatic carbocycles. The van der Waals surface area contributed by atoms with Crippen LogP contribution in [0.25, 0.3) is 0 Å². The molecule has 0 unspecified atom stereocenters. The summed E-state index contributed by atoms with van der Waals surface area (Å²) in [6.45, 7) is 1.54. The number of hydrogen-bond acceptors (Lipinski definition) is 4. The minimum absolute atomic E-state index is 0.125. The minimum atomic E-state index is -3.28. The molecule has 0 aromatic heterocycles. The highest BCUT2D eigenvalue weighted by molar-refractivity contribution is 7.93. The molecule has 1 saturated heterocycles. The second kappa shape index (κ2) is 7.63. The minimum Gasteiger partial charge on any atom is -0.342 e. The maximum atomic E-state index is 11.9. The molecule has 3 N–H and O–H groups in total. The molecule has 1 aliphatic heterocycles. The zero-order chi connectivity index (χ0) is 17.7. The van der Waals surface area contributed by atoms with E-state index in [2.05, 4.69) is 10.6 Å². The van der Waals surface area contributed by atoms with Crippen molar-refractivity contribution in [1.82, 2.24) is 5.32 Å². The van der Waals surface area contributed by atoms with Crippen LogP contribution in [0.15, 0.2) is 24.3 Å². The summed E-state index contributed by atoms with van der Waals surface area (Å²) < 4.78 is 25.2. The average molecular weight is 355 g/mol. The SMILES string of the molecule is C[NH+](C)CCNC(=O)C(=O)Nc1cccc(N2CCCS2(=O)=O)c1. The monoisotopic (exact) mass is 355 g/mol. The Morgan fingerprint density at radius 1 is 1.25 bits per heavy atom. The number of quaternary nitrogens is 1. The van der Waals surface area contributed by atoms with E-state index in [1.54, 1.807) is 24.3 Å². The lowest BCUT2D eigenvalue weighted by atomic mass is 10.2. The Morgan fingerprint density at radius 2 is 2.00 bits per heavy atom. The van der Waals surface area contributed by atoms with Gasteiger partial charge in [-0.25, -0.2) is 8.42 Å². The fourth-order valence-corrected chi connectivity index (χ4v) is 3.92. The van der Waals surface area contributed by atoms with Gasteiger partial charge in [-0.3, -0.25) is 13.9 Å². The van der Waals surface area contributed by atoms with Gasteiger partial charge >= 0.3 is 11.8 Å². The lowest BCUT2D eigenvalue weighted by molar-refractivity contribution is -0.856. The summed E-state index contributed by atoms with van der Waals surface area (Å²) in [7, 11) is 0.614. The average Bonchev–Trinajstić information content (AvgIpc) is 2.86. The third kappa shape index (κ3) is 4.68. The van der Waals surface area contributed by atoms with Crippen molar-refractivity contribution in [2.75, 3.05) is 49.1 Å². The highest BCUT2D eigenvalue weighted by Crippen LogP contribution is 2.26. The molecule has 1 aromatic rings. The topological polar surface area (TPSA) is 100 Å². The number of sulfonamides is 1. The molecule has 0 atom stereocenters. The fourth-order valence-electron chi connectivity index (χ4n) is 2.36. The maximum Gasteiger partial charge on any atom is 0.313 e. The van der Waals surface area contributed by atoms with Crippen LogP contribution in [0.4, 0.5) is 11.4 Å². The Bertz CT molecular complexity index is 718. The number of nitrogens with one attached hydrogen (secondary N) is 3. The molecular formula is C15H23N4O4S+. The summed E-state index contributed by atoms with van der Waals surface area (Å²) in [4.78, 5) is 24.8. The first-order valence-corrected chi connectivity index (χ1v) is 9.39. The predicted octanol–water partition coefficient (Wildman–Crippen LogP) is -1.57. The Kier molecular flexibility index (Phi) is 5.79. The molecule has 0 saturated carbocycles. The highest BCUT2D eigenvalue weighted by atomic mass is 32.2. The Labute approximate surface area is 141 Å². The summed E-state index contributed by atoms with van der Waals surface area (Å²) in [5, 5.41) is 5.03. The molecule has 2 amide bonds. The van der Waals surface area contributed by atoms with Crippen molar-refractivity contribution in [2.24, 2.45) is 0 Å². The molecular weight excluding hydrogens is 332 g/mol. The number of benzene rings is 1. The number of rotatable bonds is 5. The summed E-state index contributed by atoms with van der Waals surface area (Å²) in [6.07, 6.45) is 0.579. The number of carbonyl (C=O) groups excluding carboxylic acids is 2. The molecule has 132 valence electrons. The van der Waals surface area contributed by atoms with E-state index in [1.807, 2.05) is 14.1 Å². The van der Waals surface area contributed by atoms with E-state index in [1.165, 1.54) is 4.31 Å². The zero-order valence-electron chi connectivity index (χ0n) is 13.8. The molecule has 1 heterocycles. The number of nitrogens with zero attached hydrogens (tertiary/aromatic N) is 1. The van der Waals surface area contributed by atoms with Crippen molar-refractivity contribution >= 4 is 33.2 Å². The highest BCUT2D eigenvalue weighted by Gasteiger charge is 2.28. The fraction of sp³-hybridized carbons (Fsp3) is 0.467. The smallest absolute Gasteiger partial charge is 0.313 e. The molecule has 0 aliphatic carbocycles. The molecule has 8 nitrogen and oxygen atoms in total. The van der Waals surface area contributed by atoms with Crippen molar-refractivity contribution in [3.8, 4) is 0 Å². The summed E-state index contributed by atoms with van der Waals surface area (Å²) in [6, 6.07) is 6.48. The van der Waals surface area contributed by atoms with Crippen LogP contribution < -0.4 is 19.8 Å². The van der Waals surface area contributed by atoms with Gasteiger partial charge in [0.15, 0.2) is 0 Å². The second-order valence-electron chi connectivity index (χ2n) is 5.96. The van der Waals surface area contributed by atoms with Gasteiger partial charge in [-0.2, -0.15) is 0 Å². The first-order chi connectivity index (χ1) is 11.3. The molecule has 24 heavy (non-hydrogen) atoms. The Morgan fingerprint density at radius 3 is 2.62 bits per heavy atom. The lowest BCUT2D eigenvalue weighted by Crippen LogP contribution is -3.06. The molecule has 1 fully saturated rings. The van der Waals surface area contributed by atoms with Crippen molar-refractivity contribution in [3.05, 3.63) is 24.3 Å². The summed E-state index contributed by atoms with van der Waals surface area (Å²) in [5.74, 6) is -1.36. The van der Waals surface area contributed by atoms with Crippen molar-refractivity contribution in [1.29, 1.82) is 0 Å². The van der Waals surface area contributed by atoms with E-state index >= 15 is 0 Å². The predicted molar refractivity (Wildman–Crippen MR) is 91.5 cm³/mol. The molecule has 0 spiro atoms. The summed E-state index contributed by atoms with van der Waals surface area (Å²) in [5.41, 5.74) is 0.870. The van der Waals surface area contributed by atoms with E-state index in [-0.39, 0.29) is 5.75 Å². The number of likely N-dealkylation sites (N-methyl/N-ethyl adjacent to an activating group) is 1. The Hall–Kier alpha value is -2.13. The van der Waals surface area contributed by atoms with Gasteiger partial charge in [0.25, 0.3) is 0 Å². The normalized spacial score (nSPS) is 16.2. The molecule has 2 rings (SSSR count). The number of carbonyl (C=O) groups is 2. The van der Waals surface area contributed by atoms with Crippen LogP contribution >= 0.6 is 0 Å². The van der Waals surface area contributed by atoms with Gasteiger partial charge in [0.2, 0.25) is 10.0 Å². The molecule has 0 radical (unpaired) electrons. The molecule has 0 bridgehead atoms. The van der Waals surface area contributed by atoms with E-state index in [0.717, 1.165) is 4.90 Å². The van der Waals surface area contributed by atoms with E-state index in [9.17, 15) is 18.0 Å². The summed E-state index contributed by atoms with van der Waals surface area (Å²) >= 11 is 0. The Balaban J connectivity index is 1.99. The van der Waals surface area contributed by atoms with Crippen molar-refractivity contribution in [3.63, 3.8) is 0 Å². The molecule has 9 heteroatoms. The largest absolute Gasteiger partial charge is 0.342 e. The van der Waals surface area contributed by atoms with Crippen LogP contribution in [0.5, 0.6) is 0 Å². The van der Waals surface area contributed by atoms with Crippen LogP contribution in [0.1, 0.15) is 6.42 Å². The number of hydrogen-bond donors (Lipinski definition) is 3. The van der Waals surface area contributed by atoms with Gasteiger partial charge in [-0.15, -0.1) is 0 Å². The van der Waals surface area contributed by atoms with Gasteiger partial charge in [-0.05, 0) is 24.6 Å². The van der Waals surface area contributed by atoms with Crippen molar-refractivity contribution in [2.45, 2.75) is 6.42 Å². The number of amides is 2. The van der Waals surface area contributed by atoms with Crippen molar-refractivity contribution < 1.29 is 22.9 Å². The first-order valence-electron chi connectivity index (χ1n) is 7.78. The first kappa shape index (κ1) is 18.2. The standard InChI is InChI=1S/C15H22N4O4S/c1-18(2)9-7-16-14(20)15(21)17-12-5-3-6-13(11-12)19-8-4-10-24(19,22)23/h3,5-6,11H,4,7-10H2,1-2H3,(H,16,20)(H,17,21)/p+1. The molecule has 1 aliphatic rings. The second-order valence-corrected chi connectivity index (χ2v) is 7.97. The van der Waals surface area contributed by atoms with Gasteiger partial charge in [0.1, 0.15) is 0 Å². The quantitative estimate of drug-likeness (QED) is 0.556. The van der Waals surface area contributed by atoms with E-state index in [0.29, 0.717) is 37.4 Å². The van der Waals surface area contributed by atoms with Crippen LogP contribution in [-0.4, -0.2) is 59.7 Å². The third-order valence-electron chi connectivity index (χ3n) is 3.61. The lowest BCUT2D eigenvalue weighted by Gasteiger charge is -2.17. The van der Waals surface area contributed by atoms with Gasteiger partial charge in [-0.1, -0.05) is 6.07 Å².